The summed E-state index contributed by atoms with van der Waals surface area (Å²) in [6.45, 7) is 2.32. The maximum Gasteiger partial charge on any atom is 0.244 e. The fraction of sp³-hybridized carbons (Fsp3) is 0.207. The molecule has 3 aromatic carbocycles. The zero-order valence-electron chi connectivity index (χ0n) is 20.7. The molecule has 7 heteroatoms. The van der Waals surface area contributed by atoms with E-state index >= 15 is 0 Å². The highest BCUT2D eigenvalue weighted by Gasteiger charge is 2.15. The molecule has 0 aliphatic rings. The van der Waals surface area contributed by atoms with E-state index in [4.69, 9.17) is 18.6 Å². The first-order chi connectivity index (χ1) is 17.4. The summed E-state index contributed by atoms with van der Waals surface area (Å²) in [4.78, 5) is 12.6. The van der Waals surface area contributed by atoms with Gasteiger partial charge in [0.25, 0.3) is 0 Å². The lowest BCUT2D eigenvalue weighted by atomic mass is 9.99. The molecular weight excluding hydrogens is 461 g/mol. The van der Waals surface area contributed by atoms with E-state index in [1.165, 1.54) is 12.1 Å². The Bertz CT molecular complexity index is 1410. The van der Waals surface area contributed by atoms with Crippen molar-refractivity contribution in [3.63, 3.8) is 0 Å². The number of halogens is 1. The Kier molecular flexibility index (Phi) is 7.59. The van der Waals surface area contributed by atoms with Crippen molar-refractivity contribution in [2.24, 2.45) is 0 Å². The second kappa shape index (κ2) is 11.0. The van der Waals surface area contributed by atoms with Crippen LogP contribution < -0.4 is 19.5 Å². The number of hydrogen-bond donors (Lipinski definition) is 1. The van der Waals surface area contributed by atoms with Gasteiger partial charge in [0, 0.05) is 35.2 Å². The molecule has 186 valence electrons. The molecule has 0 aliphatic heterocycles. The smallest absolute Gasteiger partial charge is 0.244 e. The molecule has 0 radical (unpaired) electrons. The number of hydrogen-bond acceptors (Lipinski definition) is 5. The molecule has 0 saturated heterocycles. The van der Waals surface area contributed by atoms with E-state index in [1.807, 2.05) is 31.2 Å². The number of methoxy groups -OCH3 is 3. The van der Waals surface area contributed by atoms with Crippen LogP contribution in [0.2, 0.25) is 0 Å². The Balaban J connectivity index is 1.51. The Labute approximate surface area is 209 Å². The van der Waals surface area contributed by atoms with Crippen LogP contribution in [0, 0.1) is 5.82 Å². The SMILES string of the molecule is COc1ccc(CCNC(=O)/C=C(\C)c2cc3c(-c4ccc(F)cc4)coc3cc2OC)cc1OC. The van der Waals surface area contributed by atoms with E-state index in [2.05, 4.69) is 5.32 Å². The Morgan fingerprint density at radius 3 is 2.36 bits per heavy atom. The highest BCUT2D eigenvalue weighted by molar-refractivity contribution is 6.00. The maximum atomic E-state index is 13.4. The normalized spacial score (nSPS) is 11.4. The van der Waals surface area contributed by atoms with Crippen LogP contribution in [0.25, 0.3) is 27.7 Å². The van der Waals surface area contributed by atoms with Crippen molar-refractivity contribution >= 4 is 22.4 Å². The van der Waals surface area contributed by atoms with Gasteiger partial charge in [-0.1, -0.05) is 18.2 Å². The molecular formula is C29H28FNO5. The number of allylic oxidation sites excluding steroid dienone is 1. The lowest BCUT2D eigenvalue weighted by molar-refractivity contribution is -0.116. The predicted molar refractivity (Wildman–Crippen MR) is 138 cm³/mol. The van der Waals surface area contributed by atoms with Crippen LogP contribution in [0.3, 0.4) is 0 Å². The second-order valence-electron chi connectivity index (χ2n) is 8.26. The fourth-order valence-electron chi connectivity index (χ4n) is 4.08. The van der Waals surface area contributed by atoms with Crippen LogP contribution in [0.4, 0.5) is 4.39 Å². The first kappa shape index (κ1) is 24.9. The van der Waals surface area contributed by atoms with Gasteiger partial charge in [-0.05, 0) is 60.4 Å². The van der Waals surface area contributed by atoms with Gasteiger partial charge >= 0.3 is 0 Å². The number of furan rings is 1. The maximum absolute atomic E-state index is 13.4. The van der Waals surface area contributed by atoms with Gasteiger partial charge in [-0.2, -0.15) is 0 Å². The van der Waals surface area contributed by atoms with Crippen LogP contribution >= 0.6 is 0 Å². The summed E-state index contributed by atoms with van der Waals surface area (Å²) in [6, 6.07) is 15.7. The largest absolute Gasteiger partial charge is 0.496 e. The van der Waals surface area contributed by atoms with Crippen molar-refractivity contribution in [2.75, 3.05) is 27.9 Å². The molecule has 0 atom stereocenters. The summed E-state index contributed by atoms with van der Waals surface area (Å²) < 4.78 is 35.3. The number of rotatable bonds is 9. The number of nitrogens with one attached hydrogen (secondary N) is 1. The molecule has 6 nitrogen and oxygen atoms in total. The number of ether oxygens (including phenoxy) is 3. The zero-order chi connectivity index (χ0) is 25.7. The quantitative estimate of drug-likeness (QED) is 0.291. The van der Waals surface area contributed by atoms with Crippen LogP contribution in [0.15, 0.2) is 71.4 Å². The molecule has 1 amide bonds. The van der Waals surface area contributed by atoms with E-state index < -0.39 is 0 Å². The van der Waals surface area contributed by atoms with E-state index in [-0.39, 0.29) is 11.7 Å². The molecule has 1 heterocycles. The molecule has 4 rings (SSSR count). The molecule has 0 unspecified atom stereocenters. The molecule has 36 heavy (non-hydrogen) atoms. The summed E-state index contributed by atoms with van der Waals surface area (Å²) in [6.07, 6.45) is 3.83. The number of carbonyl (C=O) groups is 1. The molecule has 0 saturated carbocycles. The van der Waals surface area contributed by atoms with Crippen molar-refractivity contribution in [3.8, 4) is 28.4 Å². The van der Waals surface area contributed by atoms with Crippen LogP contribution in [-0.4, -0.2) is 33.8 Å². The van der Waals surface area contributed by atoms with Gasteiger partial charge in [-0.3, -0.25) is 4.79 Å². The average molecular weight is 490 g/mol. The Morgan fingerprint density at radius 1 is 0.944 bits per heavy atom. The van der Waals surface area contributed by atoms with Crippen molar-refractivity contribution in [1.82, 2.24) is 5.32 Å². The van der Waals surface area contributed by atoms with E-state index in [9.17, 15) is 9.18 Å². The van der Waals surface area contributed by atoms with E-state index in [0.29, 0.717) is 35.8 Å². The van der Waals surface area contributed by atoms with Gasteiger partial charge in [-0.15, -0.1) is 0 Å². The number of carbonyl (C=O) groups excluding carboxylic acids is 1. The third kappa shape index (κ3) is 5.35. The number of amides is 1. The molecule has 4 aromatic rings. The molecule has 1 N–H and O–H groups in total. The minimum Gasteiger partial charge on any atom is -0.496 e. The highest BCUT2D eigenvalue weighted by Crippen LogP contribution is 2.37. The monoisotopic (exact) mass is 489 g/mol. The van der Waals surface area contributed by atoms with E-state index in [0.717, 1.165) is 33.2 Å². The molecule has 0 spiro atoms. The van der Waals surface area contributed by atoms with Gasteiger partial charge in [0.2, 0.25) is 5.91 Å². The third-order valence-corrected chi connectivity index (χ3v) is 5.98. The van der Waals surface area contributed by atoms with Crippen molar-refractivity contribution < 1.29 is 27.8 Å². The topological polar surface area (TPSA) is 69.9 Å². The van der Waals surface area contributed by atoms with E-state index in [1.54, 1.807) is 51.9 Å². The number of benzene rings is 3. The van der Waals surface area contributed by atoms with Crippen molar-refractivity contribution in [3.05, 3.63) is 83.9 Å². The van der Waals surface area contributed by atoms with Crippen LogP contribution in [0.1, 0.15) is 18.1 Å². The van der Waals surface area contributed by atoms with Gasteiger partial charge in [-0.25, -0.2) is 4.39 Å². The van der Waals surface area contributed by atoms with Crippen LogP contribution in [-0.2, 0) is 11.2 Å². The molecule has 0 fully saturated rings. The first-order valence-electron chi connectivity index (χ1n) is 11.5. The Hall–Kier alpha value is -4.26. The summed E-state index contributed by atoms with van der Waals surface area (Å²) >= 11 is 0. The summed E-state index contributed by atoms with van der Waals surface area (Å²) in [5.74, 6) is 1.40. The minimum atomic E-state index is -0.301. The van der Waals surface area contributed by atoms with Gasteiger partial charge in [0.15, 0.2) is 11.5 Å². The lowest BCUT2D eigenvalue weighted by Gasteiger charge is -2.11. The van der Waals surface area contributed by atoms with Gasteiger partial charge in [0.1, 0.15) is 17.1 Å². The molecule has 1 aromatic heterocycles. The molecule has 0 bridgehead atoms. The van der Waals surface area contributed by atoms with Crippen LogP contribution in [0.5, 0.6) is 17.2 Å². The highest BCUT2D eigenvalue weighted by atomic mass is 19.1. The van der Waals surface area contributed by atoms with Gasteiger partial charge in [0.05, 0.1) is 27.6 Å². The summed E-state index contributed by atoms with van der Waals surface area (Å²) in [7, 11) is 4.76. The summed E-state index contributed by atoms with van der Waals surface area (Å²) in [5.41, 5.74) is 4.84. The predicted octanol–water partition coefficient (Wildman–Crippen LogP) is 6.03. The Morgan fingerprint density at radius 2 is 1.67 bits per heavy atom. The molecule has 0 aliphatic carbocycles. The summed E-state index contributed by atoms with van der Waals surface area (Å²) in [5, 5.41) is 3.77. The third-order valence-electron chi connectivity index (χ3n) is 5.98. The average Bonchev–Trinajstić information content (AvgIpc) is 3.31. The van der Waals surface area contributed by atoms with Crippen molar-refractivity contribution in [2.45, 2.75) is 13.3 Å². The van der Waals surface area contributed by atoms with Gasteiger partial charge < -0.3 is 23.9 Å². The number of fused-ring (bicyclic) bond motifs is 1. The van der Waals surface area contributed by atoms with Crippen molar-refractivity contribution in [1.29, 1.82) is 0 Å². The lowest BCUT2D eigenvalue weighted by Crippen LogP contribution is -2.23. The minimum absolute atomic E-state index is 0.207. The zero-order valence-corrected chi connectivity index (χ0v) is 20.7. The first-order valence-corrected chi connectivity index (χ1v) is 11.5. The standard InChI is InChI=1S/C29H28FNO5/c1-18(13-29(32)31-12-11-19-5-10-25(33-2)28(14-19)35-4)22-15-23-24(20-6-8-21(30)9-7-20)17-36-27(23)16-26(22)34-3/h5-10,13-17H,11-12H2,1-4H3,(H,31,32)/b18-13+. The fourth-order valence-corrected chi connectivity index (χ4v) is 4.08. The second-order valence-corrected chi connectivity index (χ2v) is 8.26.